The molecule has 124 valence electrons. The zero-order valence-corrected chi connectivity index (χ0v) is 14.9. The molecule has 0 fully saturated rings. The van der Waals surface area contributed by atoms with E-state index < -0.39 is 0 Å². The third-order valence-electron chi connectivity index (χ3n) is 3.78. The van der Waals surface area contributed by atoms with E-state index in [-0.39, 0.29) is 6.04 Å². The van der Waals surface area contributed by atoms with E-state index in [9.17, 15) is 0 Å². The number of fused-ring (bicyclic) bond motifs is 1. The van der Waals surface area contributed by atoms with Gasteiger partial charge in [0.05, 0.1) is 6.04 Å². The molecule has 0 aliphatic heterocycles. The smallest absolute Gasteiger partial charge is 0.252 e. The van der Waals surface area contributed by atoms with Gasteiger partial charge in [-0.1, -0.05) is 22.0 Å². The first-order valence-corrected chi connectivity index (χ1v) is 8.50. The van der Waals surface area contributed by atoms with Crippen LogP contribution in [-0.2, 0) is 0 Å². The number of pyridine rings is 1. The van der Waals surface area contributed by atoms with Crippen LogP contribution in [0, 0.1) is 0 Å². The monoisotopic (exact) mass is 395 g/mol. The molecule has 0 saturated heterocycles. The van der Waals surface area contributed by atoms with Crippen LogP contribution in [0.2, 0.25) is 0 Å². The van der Waals surface area contributed by atoms with Gasteiger partial charge in [0.25, 0.3) is 5.95 Å². The molecule has 0 aliphatic carbocycles. The third-order valence-corrected chi connectivity index (χ3v) is 4.28. The van der Waals surface area contributed by atoms with Gasteiger partial charge in [-0.3, -0.25) is 0 Å². The molecule has 1 N–H and O–H groups in total. The second-order valence-corrected chi connectivity index (χ2v) is 6.39. The second-order valence-electron chi connectivity index (χ2n) is 5.47. The summed E-state index contributed by atoms with van der Waals surface area (Å²) in [5.74, 6) is 1.98. The van der Waals surface area contributed by atoms with Gasteiger partial charge >= 0.3 is 0 Å². The lowest BCUT2D eigenvalue weighted by Gasteiger charge is -2.16. The van der Waals surface area contributed by atoms with Crippen LogP contribution < -0.4 is 5.32 Å². The minimum atomic E-state index is -0.136. The van der Waals surface area contributed by atoms with Crippen LogP contribution in [0.3, 0.4) is 0 Å². The third kappa shape index (κ3) is 3.08. The molecule has 1 atom stereocenters. The van der Waals surface area contributed by atoms with Crippen molar-refractivity contribution in [2.24, 2.45) is 0 Å². The Morgan fingerprint density at radius 3 is 2.72 bits per heavy atom. The first-order valence-electron chi connectivity index (χ1n) is 7.70. The first kappa shape index (κ1) is 15.6. The predicted octanol–water partition coefficient (Wildman–Crippen LogP) is 3.54. The minimum Gasteiger partial charge on any atom is -0.360 e. The first-order chi connectivity index (χ1) is 12.2. The molecule has 4 rings (SSSR count). The van der Waals surface area contributed by atoms with E-state index in [1.165, 1.54) is 6.33 Å². The van der Waals surface area contributed by atoms with E-state index in [2.05, 4.69) is 52.3 Å². The molecule has 0 amide bonds. The van der Waals surface area contributed by atoms with Gasteiger partial charge in [-0.25, -0.2) is 19.9 Å². The Kier molecular flexibility index (Phi) is 4.10. The summed E-state index contributed by atoms with van der Waals surface area (Å²) in [6.45, 7) is 2.00. The molecule has 0 radical (unpaired) electrons. The topological polar surface area (TPSA) is 81.4 Å². The fourth-order valence-corrected chi connectivity index (χ4v) is 2.99. The molecule has 3 heterocycles. The molecule has 1 unspecified atom stereocenters. The Morgan fingerprint density at radius 1 is 1.04 bits per heavy atom. The molecule has 1 aromatic carbocycles. The van der Waals surface area contributed by atoms with Gasteiger partial charge in [0.2, 0.25) is 0 Å². The number of rotatable bonds is 4. The van der Waals surface area contributed by atoms with E-state index in [0.29, 0.717) is 11.8 Å². The largest absolute Gasteiger partial charge is 0.360 e. The normalized spacial score (nSPS) is 12.2. The zero-order valence-electron chi connectivity index (χ0n) is 13.3. The molecule has 0 spiro atoms. The molecule has 4 aromatic rings. The summed E-state index contributed by atoms with van der Waals surface area (Å²) >= 11 is 3.52. The lowest BCUT2D eigenvalue weighted by atomic mass is 10.1. The van der Waals surface area contributed by atoms with Crippen molar-refractivity contribution < 1.29 is 0 Å². The van der Waals surface area contributed by atoms with Crippen LogP contribution in [0.4, 0.5) is 5.82 Å². The van der Waals surface area contributed by atoms with Gasteiger partial charge in [-0.15, -0.1) is 0 Å². The molecule has 3 aromatic heterocycles. The van der Waals surface area contributed by atoms with E-state index >= 15 is 0 Å². The Labute approximate surface area is 152 Å². The van der Waals surface area contributed by atoms with Gasteiger partial charge in [0.1, 0.15) is 12.1 Å². The fourth-order valence-electron chi connectivity index (χ4n) is 2.63. The highest BCUT2D eigenvalue weighted by Gasteiger charge is 2.17. The zero-order chi connectivity index (χ0) is 17.2. The van der Waals surface area contributed by atoms with Gasteiger partial charge in [-0.05, 0) is 36.6 Å². The maximum absolute atomic E-state index is 4.48. The van der Waals surface area contributed by atoms with Crippen molar-refractivity contribution >= 4 is 32.5 Å². The molecule has 25 heavy (non-hydrogen) atoms. The van der Waals surface area contributed by atoms with Crippen LogP contribution in [0.25, 0.3) is 16.7 Å². The highest BCUT2D eigenvalue weighted by atomic mass is 79.9. The second kappa shape index (κ2) is 6.56. The number of anilines is 1. The minimum absolute atomic E-state index is 0.136. The Balaban J connectivity index is 1.69. The lowest BCUT2D eigenvalue weighted by Crippen LogP contribution is -2.16. The van der Waals surface area contributed by atoms with Crippen molar-refractivity contribution in [2.75, 3.05) is 5.32 Å². The van der Waals surface area contributed by atoms with Gasteiger partial charge in [0.15, 0.2) is 5.82 Å². The van der Waals surface area contributed by atoms with Crippen molar-refractivity contribution in [3.8, 4) is 5.95 Å². The van der Waals surface area contributed by atoms with E-state index in [1.54, 1.807) is 29.3 Å². The summed E-state index contributed by atoms with van der Waals surface area (Å²) < 4.78 is 2.63. The number of aromatic nitrogens is 6. The van der Waals surface area contributed by atoms with Gasteiger partial charge in [-0.2, -0.15) is 9.78 Å². The summed E-state index contributed by atoms with van der Waals surface area (Å²) in [7, 11) is 0. The van der Waals surface area contributed by atoms with E-state index in [1.807, 2.05) is 25.1 Å². The van der Waals surface area contributed by atoms with Crippen LogP contribution in [0.1, 0.15) is 18.8 Å². The highest BCUT2D eigenvalue weighted by Crippen LogP contribution is 2.27. The average molecular weight is 396 g/mol. The standard InChI is InChI=1S/C17H14BrN7/c1-11(16-22-10-23-25(16)17-20-6-2-7-21-17)24-15-14-9-13(18)4-3-12(14)5-8-19-15/h2-11H,1H3,(H,19,24). The highest BCUT2D eigenvalue weighted by molar-refractivity contribution is 9.10. The van der Waals surface area contributed by atoms with Gasteiger partial charge in [0, 0.05) is 28.4 Å². The van der Waals surface area contributed by atoms with Crippen LogP contribution in [0.15, 0.2) is 59.7 Å². The van der Waals surface area contributed by atoms with Crippen molar-refractivity contribution in [3.63, 3.8) is 0 Å². The van der Waals surface area contributed by atoms with Gasteiger partial charge < -0.3 is 5.32 Å². The number of halogens is 1. The Bertz CT molecular complexity index is 1020. The Hall–Kier alpha value is -2.87. The molecule has 8 heteroatoms. The van der Waals surface area contributed by atoms with E-state index in [0.717, 1.165) is 21.1 Å². The fraction of sp³-hybridized carbons (Fsp3) is 0.118. The SMILES string of the molecule is CC(Nc1nccc2ccc(Br)cc12)c1ncnn1-c1ncccn1. The average Bonchev–Trinajstić information content (AvgIpc) is 3.13. The number of benzene rings is 1. The summed E-state index contributed by atoms with van der Waals surface area (Å²) in [6, 6.07) is 9.72. The van der Waals surface area contributed by atoms with Crippen LogP contribution in [-0.4, -0.2) is 29.7 Å². The van der Waals surface area contributed by atoms with Crippen LogP contribution >= 0.6 is 15.9 Å². The summed E-state index contributed by atoms with van der Waals surface area (Å²) in [4.78, 5) is 17.3. The van der Waals surface area contributed by atoms with E-state index in [4.69, 9.17) is 0 Å². The molecule has 0 saturated carbocycles. The quantitative estimate of drug-likeness (QED) is 0.568. The lowest BCUT2D eigenvalue weighted by molar-refractivity contribution is 0.694. The van der Waals surface area contributed by atoms with Crippen molar-refractivity contribution in [3.05, 3.63) is 65.5 Å². The predicted molar refractivity (Wildman–Crippen MR) is 98.4 cm³/mol. The van der Waals surface area contributed by atoms with Crippen molar-refractivity contribution in [1.82, 2.24) is 29.7 Å². The maximum atomic E-state index is 4.48. The number of hydrogen-bond donors (Lipinski definition) is 1. The summed E-state index contributed by atoms with van der Waals surface area (Å²) in [5.41, 5.74) is 0. The maximum Gasteiger partial charge on any atom is 0.252 e. The Morgan fingerprint density at radius 2 is 1.88 bits per heavy atom. The molecule has 0 bridgehead atoms. The molecule has 7 nitrogen and oxygen atoms in total. The molecular formula is C17H14BrN7. The number of nitrogens with one attached hydrogen (secondary N) is 1. The summed E-state index contributed by atoms with van der Waals surface area (Å²) in [5, 5.41) is 9.80. The molecule has 0 aliphatic rings. The van der Waals surface area contributed by atoms with Crippen molar-refractivity contribution in [2.45, 2.75) is 13.0 Å². The molecular weight excluding hydrogens is 382 g/mol. The van der Waals surface area contributed by atoms with Crippen LogP contribution in [0.5, 0.6) is 0 Å². The number of nitrogens with zero attached hydrogens (tertiary/aromatic N) is 6. The summed E-state index contributed by atoms with van der Waals surface area (Å²) in [6.07, 6.45) is 6.64. The van der Waals surface area contributed by atoms with Crippen molar-refractivity contribution in [1.29, 1.82) is 0 Å². The number of hydrogen-bond acceptors (Lipinski definition) is 6.